The predicted octanol–water partition coefficient (Wildman–Crippen LogP) is 0.473. The highest BCUT2D eigenvalue weighted by Crippen LogP contribution is 2.49. The number of carbonyl (C=O) groups excluding carboxylic acids is 3. The second-order valence-electron chi connectivity index (χ2n) is 7.46. The summed E-state index contributed by atoms with van der Waals surface area (Å²) in [5.41, 5.74) is 0.503. The molecule has 8 nitrogen and oxygen atoms in total. The van der Waals surface area contributed by atoms with E-state index in [1.54, 1.807) is 7.05 Å². The van der Waals surface area contributed by atoms with E-state index in [1.807, 2.05) is 13.8 Å². The summed E-state index contributed by atoms with van der Waals surface area (Å²) in [4.78, 5) is 39.5. The fraction of sp³-hybridized carbons (Fsp3) is 0.647. The zero-order valence-electron chi connectivity index (χ0n) is 14.6. The SMILES string of the molecule is CC(C)CNC(=O)c1c(N2C(=O)[C@@H]3[C@@H](C2=O)[C@H]2CC[C@H]3O2)cnn1C. The smallest absolute Gasteiger partial charge is 0.271 e. The average Bonchev–Trinajstić information content (AvgIpc) is 3.30. The summed E-state index contributed by atoms with van der Waals surface area (Å²) in [6.45, 7) is 4.50. The highest BCUT2D eigenvalue weighted by atomic mass is 16.5. The summed E-state index contributed by atoms with van der Waals surface area (Å²) in [5, 5.41) is 6.93. The number of fused-ring (bicyclic) bond motifs is 5. The molecule has 25 heavy (non-hydrogen) atoms. The molecule has 1 aromatic heterocycles. The first-order chi connectivity index (χ1) is 11.9. The summed E-state index contributed by atoms with van der Waals surface area (Å²) in [7, 11) is 1.63. The fourth-order valence-electron chi connectivity index (χ4n) is 4.18. The highest BCUT2D eigenvalue weighted by molar-refractivity contribution is 6.24. The molecule has 3 aliphatic rings. The maximum Gasteiger partial charge on any atom is 0.271 e. The van der Waals surface area contributed by atoms with Crippen molar-refractivity contribution in [3.8, 4) is 0 Å². The molecule has 3 fully saturated rings. The minimum absolute atomic E-state index is 0.175. The highest BCUT2D eigenvalue weighted by Gasteiger charge is 2.63. The maximum atomic E-state index is 12.9. The van der Waals surface area contributed by atoms with Gasteiger partial charge in [0.25, 0.3) is 5.91 Å². The van der Waals surface area contributed by atoms with Gasteiger partial charge in [0.05, 0.1) is 30.2 Å². The molecule has 4 rings (SSSR count). The molecule has 1 aromatic rings. The van der Waals surface area contributed by atoms with Crippen molar-refractivity contribution < 1.29 is 19.1 Å². The minimum Gasteiger partial charge on any atom is -0.373 e. The summed E-state index contributed by atoms with van der Waals surface area (Å²) in [6, 6.07) is 0. The topological polar surface area (TPSA) is 93.5 Å². The summed E-state index contributed by atoms with van der Waals surface area (Å²) >= 11 is 0. The lowest BCUT2D eigenvalue weighted by Gasteiger charge is -2.18. The van der Waals surface area contributed by atoms with E-state index >= 15 is 0 Å². The molecule has 0 aliphatic carbocycles. The normalized spacial score (nSPS) is 30.5. The molecule has 1 N–H and O–H groups in total. The lowest BCUT2D eigenvalue weighted by molar-refractivity contribution is -0.124. The second-order valence-corrected chi connectivity index (χ2v) is 7.46. The molecule has 3 amide bonds. The van der Waals surface area contributed by atoms with Crippen LogP contribution in [0.25, 0.3) is 0 Å². The van der Waals surface area contributed by atoms with Gasteiger partial charge in [0.15, 0.2) is 0 Å². The van der Waals surface area contributed by atoms with Gasteiger partial charge in [0.1, 0.15) is 11.4 Å². The molecule has 0 aromatic carbocycles. The number of carbonyl (C=O) groups is 3. The number of rotatable bonds is 4. The zero-order chi connectivity index (χ0) is 17.9. The van der Waals surface area contributed by atoms with Crippen LogP contribution in [-0.4, -0.2) is 46.3 Å². The van der Waals surface area contributed by atoms with Crippen molar-refractivity contribution in [1.82, 2.24) is 15.1 Å². The molecule has 4 atom stereocenters. The van der Waals surface area contributed by atoms with Crippen LogP contribution in [0.2, 0.25) is 0 Å². The third-order valence-corrected chi connectivity index (χ3v) is 5.33. The molecular formula is C17H22N4O4. The first-order valence-corrected chi connectivity index (χ1v) is 8.73. The van der Waals surface area contributed by atoms with E-state index in [1.165, 1.54) is 10.9 Å². The van der Waals surface area contributed by atoms with E-state index in [-0.39, 0.29) is 41.3 Å². The van der Waals surface area contributed by atoms with E-state index in [2.05, 4.69) is 10.4 Å². The van der Waals surface area contributed by atoms with Crippen molar-refractivity contribution in [3.63, 3.8) is 0 Å². The van der Waals surface area contributed by atoms with Crippen molar-refractivity contribution in [2.75, 3.05) is 11.4 Å². The standard InChI is InChI=1S/C17H22N4O4/c1-8(2)6-18-15(22)14-9(7-19-20(14)3)21-16(23)12-10-4-5-11(25-10)13(12)17(21)24/h7-8,10-13H,4-6H2,1-3H3,(H,18,22)/t10-,11-,12+,13+/m1/s1. The van der Waals surface area contributed by atoms with Gasteiger partial charge in [-0.1, -0.05) is 13.8 Å². The van der Waals surface area contributed by atoms with Crippen molar-refractivity contribution in [2.45, 2.75) is 38.9 Å². The van der Waals surface area contributed by atoms with Gasteiger partial charge in [-0.05, 0) is 18.8 Å². The van der Waals surface area contributed by atoms with Crippen LogP contribution >= 0.6 is 0 Å². The Morgan fingerprint density at radius 3 is 2.44 bits per heavy atom. The Labute approximate surface area is 145 Å². The molecule has 0 radical (unpaired) electrons. The Bertz CT molecular complexity index is 728. The van der Waals surface area contributed by atoms with Crippen LogP contribution in [-0.2, 0) is 21.4 Å². The van der Waals surface area contributed by atoms with Crippen LogP contribution in [0.3, 0.4) is 0 Å². The van der Waals surface area contributed by atoms with Crippen LogP contribution in [0, 0.1) is 17.8 Å². The van der Waals surface area contributed by atoms with Crippen LogP contribution in [0.15, 0.2) is 6.20 Å². The summed E-state index contributed by atoms with van der Waals surface area (Å²) < 4.78 is 7.15. The Balaban J connectivity index is 1.66. The van der Waals surface area contributed by atoms with Gasteiger partial charge >= 0.3 is 0 Å². The molecule has 0 unspecified atom stereocenters. The molecule has 2 bridgehead atoms. The molecule has 134 valence electrons. The van der Waals surface area contributed by atoms with Gasteiger partial charge < -0.3 is 10.1 Å². The van der Waals surface area contributed by atoms with E-state index in [0.29, 0.717) is 12.5 Å². The van der Waals surface area contributed by atoms with Crippen LogP contribution in [0.4, 0.5) is 5.69 Å². The van der Waals surface area contributed by atoms with Gasteiger partial charge in [-0.15, -0.1) is 0 Å². The number of nitrogens with one attached hydrogen (secondary N) is 1. The fourth-order valence-corrected chi connectivity index (χ4v) is 4.18. The summed E-state index contributed by atoms with van der Waals surface area (Å²) in [6.07, 6.45) is 2.70. The number of hydrogen-bond donors (Lipinski definition) is 1. The molecule has 3 saturated heterocycles. The maximum absolute atomic E-state index is 12.9. The molecular weight excluding hydrogens is 324 g/mol. The Morgan fingerprint density at radius 1 is 1.28 bits per heavy atom. The van der Waals surface area contributed by atoms with Crippen LogP contribution < -0.4 is 10.2 Å². The van der Waals surface area contributed by atoms with Gasteiger partial charge in [-0.2, -0.15) is 5.10 Å². The number of ether oxygens (including phenoxy) is 1. The first-order valence-electron chi connectivity index (χ1n) is 8.73. The number of imide groups is 1. The lowest BCUT2D eigenvalue weighted by atomic mass is 9.81. The van der Waals surface area contributed by atoms with Gasteiger partial charge in [-0.25, -0.2) is 4.90 Å². The van der Waals surface area contributed by atoms with Gasteiger partial charge in [0.2, 0.25) is 11.8 Å². The quantitative estimate of drug-likeness (QED) is 0.800. The van der Waals surface area contributed by atoms with Crippen molar-refractivity contribution >= 4 is 23.4 Å². The molecule has 0 spiro atoms. The Kier molecular flexibility index (Phi) is 3.68. The Morgan fingerprint density at radius 2 is 1.88 bits per heavy atom. The molecule has 4 heterocycles. The number of aryl methyl sites for hydroxylation is 1. The molecule has 0 saturated carbocycles. The van der Waals surface area contributed by atoms with E-state index in [4.69, 9.17) is 4.74 Å². The van der Waals surface area contributed by atoms with Crippen molar-refractivity contribution in [3.05, 3.63) is 11.9 Å². The van der Waals surface area contributed by atoms with Gasteiger partial charge in [0, 0.05) is 13.6 Å². The second kappa shape index (κ2) is 5.66. The number of amides is 3. The van der Waals surface area contributed by atoms with Crippen molar-refractivity contribution in [1.29, 1.82) is 0 Å². The van der Waals surface area contributed by atoms with E-state index < -0.39 is 11.8 Å². The Hall–Kier alpha value is -2.22. The van der Waals surface area contributed by atoms with E-state index in [0.717, 1.165) is 17.7 Å². The first kappa shape index (κ1) is 16.3. The van der Waals surface area contributed by atoms with Crippen LogP contribution in [0.1, 0.15) is 37.2 Å². The monoisotopic (exact) mass is 346 g/mol. The van der Waals surface area contributed by atoms with Crippen molar-refractivity contribution in [2.24, 2.45) is 24.8 Å². The molecule has 8 heteroatoms. The number of aromatic nitrogens is 2. The number of hydrogen-bond acceptors (Lipinski definition) is 5. The third-order valence-electron chi connectivity index (χ3n) is 5.33. The third kappa shape index (κ3) is 2.31. The molecule has 3 aliphatic heterocycles. The van der Waals surface area contributed by atoms with Crippen LogP contribution in [0.5, 0.6) is 0 Å². The summed E-state index contributed by atoms with van der Waals surface area (Å²) in [5.74, 6) is -1.42. The minimum atomic E-state index is -0.418. The van der Waals surface area contributed by atoms with E-state index in [9.17, 15) is 14.4 Å². The number of nitrogens with zero attached hydrogens (tertiary/aromatic N) is 3. The lowest BCUT2D eigenvalue weighted by Crippen LogP contribution is -2.37. The number of anilines is 1. The zero-order valence-corrected chi connectivity index (χ0v) is 14.6. The largest absolute Gasteiger partial charge is 0.373 e. The predicted molar refractivity (Wildman–Crippen MR) is 87.7 cm³/mol. The average molecular weight is 346 g/mol. The van der Waals surface area contributed by atoms with Gasteiger partial charge in [-0.3, -0.25) is 19.1 Å².